The first-order valence-electron chi connectivity index (χ1n) is 7.39. The number of amides is 2. The van der Waals surface area contributed by atoms with Gasteiger partial charge in [-0.25, -0.2) is 0 Å². The Morgan fingerprint density at radius 2 is 2.00 bits per heavy atom. The van der Waals surface area contributed by atoms with Gasteiger partial charge in [0.15, 0.2) is 5.17 Å². The molecule has 0 spiro atoms. The third-order valence-electron chi connectivity index (χ3n) is 3.42. The smallest absolute Gasteiger partial charge is 0.279 e. The van der Waals surface area contributed by atoms with Gasteiger partial charge in [0.05, 0.1) is 12.0 Å². The Morgan fingerprint density at radius 3 is 2.69 bits per heavy atom. The second-order valence-corrected chi connectivity index (χ2v) is 7.56. The summed E-state index contributed by atoms with van der Waals surface area (Å²) in [6, 6.07) is 11.9. The number of hydrogen-bond donors (Lipinski definition) is 1. The Bertz CT molecular complexity index is 942. The van der Waals surface area contributed by atoms with Crippen LogP contribution in [0, 0.1) is 0 Å². The Hall–Kier alpha value is -2.09. The van der Waals surface area contributed by atoms with Gasteiger partial charge in [-0.2, -0.15) is 4.99 Å². The molecule has 1 N–H and O–H groups in total. The summed E-state index contributed by atoms with van der Waals surface area (Å²) in [6.07, 6.45) is 1.69. The van der Waals surface area contributed by atoms with Gasteiger partial charge in [0.1, 0.15) is 5.75 Å². The van der Waals surface area contributed by atoms with Gasteiger partial charge in [0.25, 0.3) is 11.8 Å². The molecule has 2 aromatic rings. The molecule has 5 nitrogen and oxygen atoms in total. The summed E-state index contributed by atoms with van der Waals surface area (Å²) in [7, 11) is 1.56. The highest BCUT2D eigenvalue weighted by molar-refractivity contribution is 9.10. The van der Waals surface area contributed by atoms with Gasteiger partial charge >= 0.3 is 0 Å². The Kier molecular flexibility index (Phi) is 5.80. The molecule has 8 heteroatoms. The molecule has 0 aliphatic carbocycles. The fourth-order valence-electron chi connectivity index (χ4n) is 2.19. The Morgan fingerprint density at radius 1 is 1.27 bits per heavy atom. The first kappa shape index (κ1) is 18.7. The monoisotopic (exact) mass is 450 g/mol. The van der Waals surface area contributed by atoms with Crippen molar-refractivity contribution in [2.24, 2.45) is 4.99 Å². The fourth-order valence-corrected chi connectivity index (χ4v) is 3.50. The van der Waals surface area contributed by atoms with Crippen molar-refractivity contribution in [3.8, 4) is 5.75 Å². The minimum atomic E-state index is -0.453. The van der Waals surface area contributed by atoms with Gasteiger partial charge in [-0.15, -0.1) is 0 Å². The number of amidine groups is 1. The van der Waals surface area contributed by atoms with Crippen LogP contribution < -0.4 is 10.1 Å². The molecule has 0 atom stereocenters. The Labute approximate surface area is 167 Å². The van der Waals surface area contributed by atoms with E-state index in [0.717, 1.165) is 21.8 Å². The summed E-state index contributed by atoms with van der Waals surface area (Å²) >= 11 is 10.3. The largest absolute Gasteiger partial charge is 0.496 e. The highest BCUT2D eigenvalue weighted by atomic mass is 79.9. The molecule has 0 aromatic heterocycles. The number of carbonyl (C=O) groups is 2. The summed E-state index contributed by atoms with van der Waals surface area (Å²) in [5.41, 5.74) is 1.13. The van der Waals surface area contributed by atoms with Crippen molar-refractivity contribution in [2.45, 2.75) is 0 Å². The van der Waals surface area contributed by atoms with Crippen LogP contribution in [0.3, 0.4) is 0 Å². The summed E-state index contributed by atoms with van der Waals surface area (Å²) in [4.78, 5) is 28.7. The van der Waals surface area contributed by atoms with Gasteiger partial charge in [-0.3, -0.25) is 9.59 Å². The molecule has 132 valence electrons. The van der Waals surface area contributed by atoms with E-state index in [0.29, 0.717) is 21.2 Å². The number of aliphatic imine (C=N–C) groups is 1. The van der Waals surface area contributed by atoms with Crippen LogP contribution in [-0.4, -0.2) is 24.1 Å². The van der Waals surface area contributed by atoms with Crippen molar-refractivity contribution >= 4 is 62.4 Å². The molecule has 1 aliphatic heterocycles. The second-order valence-electron chi connectivity index (χ2n) is 5.18. The van der Waals surface area contributed by atoms with E-state index in [9.17, 15) is 9.59 Å². The van der Waals surface area contributed by atoms with E-state index in [1.807, 2.05) is 12.1 Å². The molecule has 1 saturated heterocycles. The molecular weight excluding hydrogens is 440 g/mol. The number of nitrogens with zero attached hydrogens (tertiary/aromatic N) is 1. The topological polar surface area (TPSA) is 67.8 Å². The SMILES string of the molecule is COc1ccc(Br)cc1/C=C1\SC(=NC(=O)c2ccc(Cl)cc2)NC1=O. The lowest BCUT2D eigenvalue weighted by Gasteiger charge is -2.05. The normalized spacial score (nSPS) is 16.8. The minimum absolute atomic E-state index is 0.232. The number of benzene rings is 2. The maximum Gasteiger partial charge on any atom is 0.279 e. The molecule has 3 rings (SSSR count). The second kappa shape index (κ2) is 8.07. The molecule has 26 heavy (non-hydrogen) atoms. The van der Waals surface area contributed by atoms with Crippen LogP contribution in [0.1, 0.15) is 15.9 Å². The lowest BCUT2D eigenvalue weighted by atomic mass is 10.2. The summed E-state index contributed by atoms with van der Waals surface area (Å²) in [5, 5.41) is 3.36. The van der Waals surface area contributed by atoms with E-state index in [4.69, 9.17) is 16.3 Å². The number of thioether (sulfide) groups is 1. The van der Waals surface area contributed by atoms with Crippen molar-refractivity contribution in [3.63, 3.8) is 0 Å². The third-order valence-corrected chi connectivity index (χ3v) is 5.08. The van der Waals surface area contributed by atoms with Gasteiger partial charge < -0.3 is 10.1 Å². The molecule has 0 unspecified atom stereocenters. The van der Waals surface area contributed by atoms with Crippen molar-refractivity contribution in [3.05, 3.63) is 68.0 Å². The number of ether oxygens (including phenoxy) is 1. The van der Waals surface area contributed by atoms with Gasteiger partial charge in [-0.05, 0) is 60.3 Å². The van der Waals surface area contributed by atoms with E-state index in [2.05, 4.69) is 26.2 Å². The summed E-state index contributed by atoms with van der Waals surface area (Å²) in [5.74, 6) is -0.137. The number of halogens is 2. The fraction of sp³-hybridized carbons (Fsp3) is 0.0556. The maximum atomic E-state index is 12.2. The van der Waals surface area contributed by atoms with Crippen molar-refractivity contribution in [1.29, 1.82) is 0 Å². The number of hydrogen-bond acceptors (Lipinski definition) is 4. The van der Waals surface area contributed by atoms with Crippen LogP contribution in [0.2, 0.25) is 5.02 Å². The number of methoxy groups -OCH3 is 1. The first-order chi connectivity index (χ1) is 12.5. The number of carbonyl (C=O) groups excluding carboxylic acids is 2. The van der Waals surface area contributed by atoms with Crippen molar-refractivity contribution in [2.75, 3.05) is 7.11 Å². The van der Waals surface area contributed by atoms with Crippen LogP contribution >= 0.6 is 39.3 Å². The average Bonchev–Trinajstić information content (AvgIpc) is 2.95. The van der Waals surface area contributed by atoms with E-state index in [1.165, 1.54) is 0 Å². The van der Waals surface area contributed by atoms with Gasteiger partial charge in [0.2, 0.25) is 0 Å². The molecule has 0 radical (unpaired) electrons. The van der Waals surface area contributed by atoms with E-state index < -0.39 is 5.91 Å². The zero-order valence-electron chi connectivity index (χ0n) is 13.5. The van der Waals surface area contributed by atoms with Crippen LogP contribution in [0.4, 0.5) is 0 Å². The van der Waals surface area contributed by atoms with E-state index >= 15 is 0 Å². The van der Waals surface area contributed by atoms with E-state index in [-0.39, 0.29) is 11.1 Å². The van der Waals surface area contributed by atoms with Crippen molar-refractivity contribution in [1.82, 2.24) is 5.32 Å². The standard InChI is InChI=1S/C18H12BrClN2O3S/c1-25-14-7-4-12(19)8-11(14)9-15-17(24)22-18(26-15)21-16(23)10-2-5-13(20)6-3-10/h2-9H,1H3,(H,21,22,23,24)/b15-9-. The quantitative estimate of drug-likeness (QED) is 0.697. The average molecular weight is 452 g/mol. The molecule has 2 amide bonds. The summed E-state index contributed by atoms with van der Waals surface area (Å²) < 4.78 is 6.16. The predicted octanol–water partition coefficient (Wildman–Crippen LogP) is 4.51. The highest BCUT2D eigenvalue weighted by Crippen LogP contribution is 2.31. The predicted molar refractivity (Wildman–Crippen MR) is 108 cm³/mol. The minimum Gasteiger partial charge on any atom is -0.496 e. The van der Waals surface area contributed by atoms with Crippen LogP contribution in [0.25, 0.3) is 6.08 Å². The van der Waals surface area contributed by atoms with Gasteiger partial charge in [-0.1, -0.05) is 27.5 Å². The van der Waals surface area contributed by atoms with Crippen LogP contribution in [0.5, 0.6) is 5.75 Å². The highest BCUT2D eigenvalue weighted by Gasteiger charge is 2.25. The molecular formula is C18H12BrClN2O3S. The molecule has 2 aromatic carbocycles. The lowest BCUT2D eigenvalue weighted by Crippen LogP contribution is -2.20. The molecule has 1 fully saturated rings. The zero-order valence-corrected chi connectivity index (χ0v) is 16.6. The first-order valence-corrected chi connectivity index (χ1v) is 9.38. The zero-order chi connectivity index (χ0) is 18.7. The molecule has 0 bridgehead atoms. The van der Waals surface area contributed by atoms with Crippen LogP contribution in [0.15, 0.2) is 56.8 Å². The molecule has 1 aliphatic rings. The lowest BCUT2D eigenvalue weighted by molar-refractivity contribution is -0.115. The van der Waals surface area contributed by atoms with E-state index in [1.54, 1.807) is 43.5 Å². The summed E-state index contributed by atoms with van der Waals surface area (Å²) in [6.45, 7) is 0. The maximum absolute atomic E-state index is 12.2. The third kappa shape index (κ3) is 4.35. The number of nitrogens with one attached hydrogen (secondary N) is 1. The van der Waals surface area contributed by atoms with Gasteiger partial charge in [0, 0.05) is 20.6 Å². The Balaban J connectivity index is 1.83. The molecule has 1 heterocycles. The number of rotatable bonds is 3. The van der Waals surface area contributed by atoms with Crippen molar-refractivity contribution < 1.29 is 14.3 Å². The molecule has 0 saturated carbocycles. The van der Waals surface area contributed by atoms with Crippen LogP contribution in [-0.2, 0) is 4.79 Å².